The summed E-state index contributed by atoms with van der Waals surface area (Å²) < 4.78 is 29.8. The maximum absolute atomic E-state index is 12.4. The minimum atomic E-state index is -2.60. The van der Waals surface area contributed by atoms with Crippen LogP contribution in [0, 0.1) is 10.6 Å². The van der Waals surface area contributed by atoms with Crippen LogP contribution in [0.1, 0.15) is 23.2 Å². The highest BCUT2D eigenvalue weighted by atomic mass is 127. The lowest BCUT2D eigenvalue weighted by Gasteiger charge is -2.09. The summed E-state index contributed by atoms with van der Waals surface area (Å²) in [7, 11) is 1.28. The van der Waals surface area contributed by atoms with Crippen LogP contribution in [-0.4, -0.2) is 18.1 Å². The third-order valence-corrected chi connectivity index (χ3v) is 2.98. The van der Waals surface area contributed by atoms with E-state index in [4.69, 9.17) is 0 Å². The van der Waals surface area contributed by atoms with Gasteiger partial charge in [0, 0.05) is 0 Å². The van der Waals surface area contributed by atoms with E-state index in [-0.39, 0.29) is 12.1 Å². The van der Waals surface area contributed by atoms with Crippen molar-refractivity contribution < 1.29 is 18.3 Å². The predicted octanol–water partition coefficient (Wildman–Crippen LogP) is 2.65. The van der Waals surface area contributed by atoms with E-state index in [1.165, 1.54) is 13.2 Å². The predicted molar refractivity (Wildman–Crippen MR) is 62.4 cm³/mol. The summed E-state index contributed by atoms with van der Waals surface area (Å²) in [6.45, 7) is 1.67. The van der Waals surface area contributed by atoms with Crippen molar-refractivity contribution in [1.82, 2.24) is 4.98 Å². The maximum Gasteiger partial charge on any atom is 0.310 e. The van der Waals surface area contributed by atoms with Crippen LogP contribution >= 0.6 is 22.6 Å². The summed E-state index contributed by atoms with van der Waals surface area (Å²) in [5, 5.41) is 0. The van der Waals surface area contributed by atoms with Crippen molar-refractivity contribution in [3.8, 4) is 0 Å². The number of halogens is 3. The number of esters is 1. The Labute approximate surface area is 105 Å². The number of pyridine rings is 1. The minimum Gasteiger partial charge on any atom is -0.469 e. The molecule has 0 unspecified atom stereocenters. The molecule has 16 heavy (non-hydrogen) atoms. The van der Waals surface area contributed by atoms with E-state index < -0.39 is 12.4 Å². The first kappa shape index (κ1) is 13.3. The molecule has 0 saturated heterocycles. The lowest BCUT2D eigenvalue weighted by atomic mass is 10.1. The quantitative estimate of drug-likeness (QED) is 0.482. The smallest absolute Gasteiger partial charge is 0.310 e. The zero-order chi connectivity index (χ0) is 12.3. The van der Waals surface area contributed by atoms with Crippen molar-refractivity contribution in [2.75, 3.05) is 7.11 Å². The van der Waals surface area contributed by atoms with Gasteiger partial charge in [-0.1, -0.05) is 0 Å². The van der Waals surface area contributed by atoms with Crippen LogP contribution in [0.5, 0.6) is 0 Å². The second kappa shape index (κ2) is 5.51. The summed E-state index contributed by atoms with van der Waals surface area (Å²) in [4.78, 5) is 14.9. The van der Waals surface area contributed by atoms with E-state index in [2.05, 4.69) is 9.72 Å². The largest absolute Gasteiger partial charge is 0.469 e. The average Bonchev–Trinajstić information content (AvgIpc) is 2.22. The summed E-state index contributed by atoms with van der Waals surface area (Å²) in [6, 6.07) is 1.30. The molecular formula is C10H10F2INO2. The molecule has 0 fully saturated rings. The van der Waals surface area contributed by atoms with Crippen LogP contribution in [0.3, 0.4) is 0 Å². The summed E-state index contributed by atoms with van der Waals surface area (Å²) in [6.07, 6.45) is -2.55. The van der Waals surface area contributed by atoms with Gasteiger partial charge in [-0.3, -0.25) is 4.79 Å². The SMILES string of the molecule is COC(=O)Cc1c(C)cc(C(F)F)nc1I. The molecule has 0 aliphatic rings. The first-order chi connectivity index (χ1) is 7.45. The fourth-order valence-corrected chi connectivity index (χ4v) is 2.12. The Hall–Kier alpha value is -0.790. The van der Waals surface area contributed by atoms with Gasteiger partial charge in [0.15, 0.2) is 0 Å². The molecule has 0 spiro atoms. The van der Waals surface area contributed by atoms with Gasteiger partial charge in [0.25, 0.3) is 6.43 Å². The zero-order valence-corrected chi connectivity index (χ0v) is 10.9. The van der Waals surface area contributed by atoms with Gasteiger partial charge in [-0.15, -0.1) is 0 Å². The van der Waals surface area contributed by atoms with Crippen molar-refractivity contribution in [2.45, 2.75) is 19.8 Å². The van der Waals surface area contributed by atoms with Crippen molar-refractivity contribution in [1.29, 1.82) is 0 Å². The van der Waals surface area contributed by atoms with Gasteiger partial charge in [0.2, 0.25) is 0 Å². The molecule has 0 radical (unpaired) electrons. The number of ether oxygens (including phenoxy) is 1. The summed E-state index contributed by atoms with van der Waals surface area (Å²) in [5.41, 5.74) is 0.993. The minimum absolute atomic E-state index is 0.0527. The van der Waals surface area contributed by atoms with Crippen LogP contribution in [0.25, 0.3) is 0 Å². The number of hydrogen-bond acceptors (Lipinski definition) is 3. The molecule has 0 amide bonds. The number of rotatable bonds is 3. The van der Waals surface area contributed by atoms with Crippen LogP contribution in [0.2, 0.25) is 0 Å². The van der Waals surface area contributed by atoms with Crippen molar-refractivity contribution in [3.05, 3.63) is 26.6 Å². The number of aryl methyl sites for hydroxylation is 1. The highest BCUT2D eigenvalue weighted by Gasteiger charge is 2.16. The van der Waals surface area contributed by atoms with Crippen molar-refractivity contribution in [2.24, 2.45) is 0 Å². The van der Waals surface area contributed by atoms with Gasteiger partial charge in [-0.25, -0.2) is 13.8 Å². The molecule has 0 aliphatic heterocycles. The normalized spacial score (nSPS) is 10.6. The van der Waals surface area contributed by atoms with E-state index in [0.717, 1.165) is 0 Å². The van der Waals surface area contributed by atoms with E-state index in [9.17, 15) is 13.6 Å². The molecule has 1 heterocycles. The monoisotopic (exact) mass is 341 g/mol. The van der Waals surface area contributed by atoms with Gasteiger partial charge in [0.1, 0.15) is 9.39 Å². The molecule has 6 heteroatoms. The molecule has 1 aromatic rings. The maximum atomic E-state index is 12.4. The van der Waals surface area contributed by atoms with E-state index in [1.807, 2.05) is 22.6 Å². The Balaban J connectivity index is 3.07. The molecule has 0 N–H and O–H groups in total. The lowest BCUT2D eigenvalue weighted by molar-refractivity contribution is -0.139. The Morgan fingerprint density at radius 2 is 2.25 bits per heavy atom. The lowest BCUT2D eigenvalue weighted by Crippen LogP contribution is -2.09. The molecule has 0 bridgehead atoms. The molecular weight excluding hydrogens is 331 g/mol. The van der Waals surface area contributed by atoms with Crippen LogP contribution < -0.4 is 0 Å². The molecule has 0 aromatic carbocycles. The number of carbonyl (C=O) groups excluding carboxylic acids is 1. The molecule has 0 atom stereocenters. The molecule has 0 saturated carbocycles. The number of alkyl halides is 2. The standard InChI is InChI=1S/C10H10F2INO2/c1-5-3-7(9(11)12)14-10(13)6(5)4-8(15)16-2/h3,9H,4H2,1-2H3. The summed E-state index contributed by atoms with van der Waals surface area (Å²) in [5.74, 6) is -0.410. The van der Waals surface area contributed by atoms with E-state index in [0.29, 0.717) is 14.8 Å². The zero-order valence-electron chi connectivity index (χ0n) is 8.76. The molecule has 3 nitrogen and oxygen atoms in total. The van der Waals surface area contributed by atoms with Crippen LogP contribution in [0.4, 0.5) is 8.78 Å². The Morgan fingerprint density at radius 1 is 1.62 bits per heavy atom. The van der Waals surface area contributed by atoms with Gasteiger partial charge < -0.3 is 4.74 Å². The van der Waals surface area contributed by atoms with Crippen molar-refractivity contribution in [3.63, 3.8) is 0 Å². The van der Waals surface area contributed by atoms with E-state index >= 15 is 0 Å². The van der Waals surface area contributed by atoms with Gasteiger partial charge in [0.05, 0.1) is 13.5 Å². The average molecular weight is 341 g/mol. The Bertz CT molecular complexity index is 387. The molecule has 0 aliphatic carbocycles. The van der Waals surface area contributed by atoms with Crippen LogP contribution in [-0.2, 0) is 16.0 Å². The second-order valence-electron chi connectivity index (χ2n) is 3.19. The number of methoxy groups -OCH3 is 1. The number of carbonyl (C=O) groups is 1. The van der Waals surface area contributed by atoms with Crippen molar-refractivity contribution >= 4 is 28.6 Å². The summed E-state index contributed by atoms with van der Waals surface area (Å²) >= 11 is 1.84. The molecule has 1 rings (SSSR count). The van der Waals surface area contributed by atoms with Gasteiger partial charge >= 0.3 is 5.97 Å². The number of aromatic nitrogens is 1. The highest BCUT2D eigenvalue weighted by Crippen LogP contribution is 2.23. The first-order valence-electron chi connectivity index (χ1n) is 4.46. The Morgan fingerprint density at radius 3 is 2.69 bits per heavy atom. The van der Waals surface area contributed by atoms with Gasteiger partial charge in [-0.2, -0.15) is 0 Å². The second-order valence-corrected chi connectivity index (χ2v) is 4.21. The highest BCUT2D eigenvalue weighted by molar-refractivity contribution is 14.1. The fourth-order valence-electron chi connectivity index (χ4n) is 1.23. The molecule has 88 valence electrons. The molecule has 1 aromatic heterocycles. The van der Waals surface area contributed by atoms with Crippen LogP contribution in [0.15, 0.2) is 6.07 Å². The Kier molecular flexibility index (Phi) is 4.57. The first-order valence-corrected chi connectivity index (χ1v) is 5.54. The number of hydrogen-bond donors (Lipinski definition) is 0. The van der Waals surface area contributed by atoms with E-state index in [1.54, 1.807) is 6.92 Å². The van der Waals surface area contributed by atoms with Gasteiger partial charge in [-0.05, 0) is 46.7 Å². The topological polar surface area (TPSA) is 39.2 Å². The fraction of sp³-hybridized carbons (Fsp3) is 0.400. The third-order valence-electron chi connectivity index (χ3n) is 2.09. The third kappa shape index (κ3) is 3.10. The number of nitrogens with zero attached hydrogens (tertiary/aromatic N) is 1.